The van der Waals surface area contributed by atoms with Crippen molar-refractivity contribution in [3.05, 3.63) is 71.8 Å². The Balaban J connectivity index is 1.41. The molecule has 0 unspecified atom stereocenters. The SMILES string of the molecule is c1ccc(-n2cnnc2CNCc2ccc3c(c2)CCO3)cc1. The zero-order valence-electron chi connectivity index (χ0n) is 12.8. The summed E-state index contributed by atoms with van der Waals surface area (Å²) in [4.78, 5) is 0. The molecule has 1 aliphatic heterocycles. The van der Waals surface area contributed by atoms with Gasteiger partial charge in [-0.15, -0.1) is 10.2 Å². The second-order valence-electron chi connectivity index (χ2n) is 5.60. The van der Waals surface area contributed by atoms with Gasteiger partial charge in [-0.25, -0.2) is 0 Å². The molecule has 0 amide bonds. The smallest absolute Gasteiger partial charge is 0.151 e. The first-order valence-electron chi connectivity index (χ1n) is 7.80. The molecular formula is C18H18N4O. The molecule has 3 aromatic rings. The van der Waals surface area contributed by atoms with Crippen LogP contribution in [0.4, 0.5) is 0 Å². The minimum absolute atomic E-state index is 0.669. The Labute approximate surface area is 134 Å². The van der Waals surface area contributed by atoms with Gasteiger partial charge in [-0.05, 0) is 29.3 Å². The first-order chi connectivity index (χ1) is 11.4. The number of rotatable bonds is 5. The molecule has 0 aliphatic carbocycles. The van der Waals surface area contributed by atoms with Gasteiger partial charge in [0.05, 0.1) is 13.2 Å². The average Bonchev–Trinajstić information content (AvgIpc) is 3.24. The third kappa shape index (κ3) is 2.96. The molecular weight excluding hydrogens is 288 g/mol. The molecule has 0 saturated carbocycles. The number of nitrogens with one attached hydrogen (secondary N) is 1. The average molecular weight is 306 g/mol. The van der Waals surface area contributed by atoms with E-state index in [0.29, 0.717) is 6.54 Å². The molecule has 0 atom stereocenters. The molecule has 0 fully saturated rings. The fraction of sp³-hybridized carbons (Fsp3) is 0.222. The molecule has 116 valence electrons. The van der Waals surface area contributed by atoms with E-state index < -0.39 is 0 Å². The predicted octanol–water partition coefficient (Wildman–Crippen LogP) is 2.49. The van der Waals surface area contributed by atoms with Crippen molar-refractivity contribution in [2.45, 2.75) is 19.5 Å². The molecule has 2 heterocycles. The normalized spacial score (nSPS) is 12.9. The van der Waals surface area contributed by atoms with Gasteiger partial charge in [0.1, 0.15) is 12.1 Å². The molecule has 2 aromatic carbocycles. The summed E-state index contributed by atoms with van der Waals surface area (Å²) >= 11 is 0. The van der Waals surface area contributed by atoms with Crippen molar-refractivity contribution in [3.8, 4) is 11.4 Å². The molecule has 1 aromatic heterocycles. The highest BCUT2D eigenvalue weighted by Gasteiger charge is 2.12. The third-order valence-corrected chi connectivity index (χ3v) is 4.02. The number of fused-ring (bicyclic) bond motifs is 1. The van der Waals surface area contributed by atoms with Crippen LogP contribution >= 0.6 is 0 Å². The van der Waals surface area contributed by atoms with Crippen molar-refractivity contribution in [1.29, 1.82) is 0 Å². The minimum Gasteiger partial charge on any atom is -0.493 e. The molecule has 0 radical (unpaired) electrons. The summed E-state index contributed by atoms with van der Waals surface area (Å²) < 4.78 is 7.54. The van der Waals surface area contributed by atoms with E-state index in [-0.39, 0.29) is 0 Å². The number of nitrogens with zero attached hydrogens (tertiary/aromatic N) is 3. The second kappa shape index (κ2) is 6.22. The maximum absolute atomic E-state index is 5.54. The highest BCUT2D eigenvalue weighted by molar-refractivity contribution is 5.39. The van der Waals surface area contributed by atoms with Crippen molar-refractivity contribution < 1.29 is 4.74 Å². The molecule has 0 saturated heterocycles. The highest BCUT2D eigenvalue weighted by atomic mass is 16.5. The van der Waals surface area contributed by atoms with Crippen LogP contribution in [-0.4, -0.2) is 21.4 Å². The van der Waals surface area contributed by atoms with E-state index in [1.165, 1.54) is 11.1 Å². The topological polar surface area (TPSA) is 52.0 Å². The lowest BCUT2D eigenvalue weighted by atomic mass is 10.1. The predicted molar refractivity (Wildman–Crippen MR) is 87.5 cm³/mol. The Morgan fingerprint density at radius 3 is 2.91 bits per heavy atom. The Kier molecular flexibility index (Phi) is 3.78. The van der Waals surface area contributed by atoms with Crippen molar-refractivity contribution in [1.82, 2.24) is 20.1 Å². The number of hydrogen-bond acceptors (Lipinski definition) is 4. The Morgan fingerprint density at radius 2 is 2.00 bits per heavy atom. The summed E-state index contributed by atoms with van der Waals surface area (Å²) in [7, 11) is 0. The van der Waals surface area contributed by atoms with Gasteiger partial charge in [0.15, 0.2) is 5.82 Å². The van der Waals surface area contributed by atoms with Crippen molar-refractivity contribution >= 4 is 0 Å². The number of aromatic nitrogens is 3. The molecule has 4 rings (SSSR count). The Morgan fingerprint density at radius 1 is 1.09 bits per heavy atom. The van der Waals surface area contributed by atoms with Crippen LogP contribution < -0.4 is 10.1 Å². The van der Waals surface area contributed by atoms with E-state index >= 15 is 0 Å². The number of benzene rings is 2. The van der Waals surface area contributed by atoms with E-state index in [1.807, 2.05) is 34.9 Å². The summed E-state index contributed by atoms with van der Waals surface area (Å²) in [5.74, 6) is 1.93. The molecule has 1 aliphatic rings. The Bertz CT molecular complexity index is 798. The van der Waals surface area contributed by atoms with E-state index in [0.717, 1.165) is 36.8 Å². The first kappa shape index (κ1) is 14.0. The maximum Gasteiger partial charge on any atom is 0.151 e. The Hall–Kier alpha value is -2.66. The van der Waals surface area contributed by atoms with Gasteiger partial charge in [-0.1, -0.05) is 30.3 Å². The molecule has 23 heavy (non-hydrogen) atoms. The van der Waals surface area contributed by atoms with E-state index in [9.17, 15) is 0 Å². The fourth-order valence-corrected chi connectivity index (χ4v) is 2.85. The van der Waals surface area contributed by atoms with Crippen LogP contribution in [0, 0.1) is 0 Å². The van der Waals surface area contributed by atoms with E-state index in [2.05, 4.69) is 33.7 Å². The van der Waals surface area contributed by atoms with Crippen LogP contribution in [0.1, 0.15) is 17.0 Å². The van der Waals surface area contributed by atoms with Gasteiger partial charge in [-0.3, -0.25) is 4.57 Å². The molecule has 1 N–H and O–H groups in total. The van der Waals surface area contributed by atoms with Crippen LogP contribution in [0.5, 0.6) is 5.75 Å². The van der Waals surface area contributed by atoms with Gasteiger partial charge in [0, 0.05) is 18.7 Å². The van der Waals surface area contributed by atoms with Crippen LogP contribution in [0.25, 0.3) is 5.69 Å². The summed E-state index contributed by atoms with van der Waals surface area (Å²) in [6.45, 7) is 2.27. The zero-order valence-corrected chi connectivity index (χ0v) is 12.8. The third-order valence-electron chi connectivity index (χ3n) is 4.02. The van der Waals surface area contributed by atoms with Gasteiger partial charge in [-0.2, -0.15) is 0 Å². The van der Waals surface area contributed by atoms with Crippen LogP contribution in [0.15, 0.2) is 54.9 Å². The van der Waals surface area contributed by atoms with Crippen molar-refractivity contribution in [3.63, 3.8) is 0 Å². The molecule has 0 bridgehead atoms. The largest absolute Gasteiger partial charge is 0.493 e. The summed E-state index contributed by atoms with van der Waals surface area (Å²) in [6.07, 6.45) is 2.75. The van der Waals surface area contributed by atoms with Gasteiger partial charge < -0.3 is 10.1 Å². The van der Waals surface area contributed by atoms with Crippen LogP contribution in [-0.2, 0) is 19.5 Å². The van der Waals surface area contributed by atoms with Gasteiger partial charge in [0.2, 0.25) is 0 Å². The second-order valence-corrected chi connectivity index (χ2v) is 5.60. The summed E-state index contributed by atoms with van der Waals surface area (Å²) in [5, 5.41) is 11.7. The number of ether oxygens (including phenoxy) is 1. The summed E-state index contributed by atoms with van der Waals surface area (Å²) in [5.41, 5.74) is 3.64. The van der Waals surface area contributed by atoms with Crippen molar-refractivity contribution in [2.24, 2.45) is 0 Å². The molecule has 5 nitrogen and oxygen atoms in total. The first-order valence-corrected chi connectivity index (χ1v) is 7.80. The molecule has 0 spiro atoms. The fourth-order valence-electron chi connectivity index (χ4n) is 2.85. The number of hydrogen-bond donors (Lipinski definition) is 1. The van der Waals surface area contributed by atoms with E-state index in [1.54, 1.807) is 6.33 Å². The van der Waals surface area contributed by atoms with Gasteiger partial charge in [0.25, 0.3) is 0 Å². The van der Waals surface area contributed by atoms with Crippen molar-refractivity contribution in [2.75, 3.05) is 6.61 Å². The quantitative estimate of drug-likeness (QED) is 0.787. The maximum atomic E-state index is 5.54. The van der Waals surface area contributed by atoms with Gasteiger partial charge >= 0.3 is 0 Å². The lowest BCUT2D eigenvalue weighted by Crippen LogP contribution is -2.16. The van der Waals surface area contributed by atoms with E-state index in [4.69, 9.17) is 4.74 Å². The van der Waals surface area contributed by atoms with Crippen LogP contribution in [0.3, 0.4) is 0 Å². The zero-order chi connectivity index (χ0) is 15.5. The monoisotopic (exact) mass is 306 g/mol. The molecule has 5 heteroatoms. The highest BCUT2D eigenvalue weighted by Crippen LogP contribution is 2.25. The number of para-hydroxylation sites is 1. The van der Waals surface area contributed by atoms with Crippen LogP contribution in [0.2, 0.25) is 0 Å². The lowest BCUT2D eigenvalue weighted by Gasteiger charge is -2.08. The standard InChI is InChI=1S/C18H18N4O/c1-2-4-16(5-3-1)22-13-20-21-18(22)12-19-11-14-6-7-17-15(10-14)8-9-23-17/h1-7,10,13,19H,8-9,11-12H2. The minimum atomic E-state index is 0.669. The summed E-state index contributed by atoms with van der Waals surface area (Å²) in [6, 6.07) is 16.5. The lowest BCUT2D eigenvalue weighted by molar-refractivity contribution is 0.357.